The lowest BCUT2D eigenvalue weighted by Gasteiger charge is -2.01. The molecule has 3 heteroatoms. The molecule has 0 aromatic rings. The highest BCUT2D eigenvalue weighted by Gasteiger charge is 2.08. The molecule has 1 atom stereocenters. The summed E-state index contributed by atoms with van der Waals surface area (Å²) < 4.78 is 0. The summed E-state index contributed by atoms with van der Waals surface area (Å²) in [4.78, 5) is 10.5. The summed E-state index contributed by atoms with van der Waals surface area (Å²) >= 11 is 0. The molecule has 0 aliphatic carbocycles. The van der Waals surface area contributed by atoms with Crippen molar-refractivity contribution in [1.82, 2.24) is 0 Å². The van der Waals surface area contributed by atoms with Gasteiger partial charge in [-0.2, -0.15) is 0 Å². The third-order valence-corrected chi connectivity index (χ3v) is 3.42. The van der Waals surface area contributed by atoms with Gasteiger partial charge in [-0.15, -0.1) is 0 Å². The number of carbonyl (C=O) groups is 1. The van der Waals surface area contributed by atoms with Gasteiger partial charge in [0.05, 0.1) is 0 Å². The number of nitrogens with two attached hydrogens (primary N) is 1. The van der Waals surface area contributed by atoms with E-state index in [0.717, 1.165) is 19.3 Å². The summed E-state index contributed by atoms with van der Waals surface area (Å²) in [7, 11) is 0. The first-order chi connectivity index (χ1) is 11.2. The predicted molar refractivity (Wildman–Crippen MR) is 99.4 cm³/mol. The minimum absolute atomic E-state index is 0.490. The van der Waals surface area contributed by atoms with Gasteiger partial charge in [-0.3, -0.25) is 4.79 Å². The number of carboxylic acids is 1. The minimum atomic E-state index is -0.930. The van der Waals surface area contributed by atoms with E-state index in [4.69, 9.17) is 10.8 Å². The number of carboxylic acid groups (broad SMARTS) is 1. The molecule has 3 nitrogen and oxygen atoms in total. The summed E-state index contributed by atoms with van der Waals surface area (Å²) in [6.07, 6.45) is 26.4. The molecule has 0 radical (unpaired) electrons. The van der Waals surface area contributed by atoms with E-state index in [9.17, 15) is 4.79 Å². The fraction of sp³-hybridized carbons (Fsp3) is 0.550. The zero-order valence-electron chi connectivity index (χ0n) is 14.5. The van der Waals surface area contributed by atoms with Crippen molar-refractivity contribution in [2.24, 2.45) is 5.73 Å². The van der Waals surface area contributed by atoms with E-state index in [1.807, 2.05) is 12.2 Å². The van der Waals surface area contributed by atoms with E-state index in [-0.39, 0.29) is 0 Å². The average molecular weight is 319 g/mol. The molecule has 0 saturated heterocycles. The molecule has 0 rings (SSSR count). The molecular formula is C20H33NO2. The average Bonchev–Trinajstić information content (AvgIpc) is 2.54. The summed E-state index contributed by atoms with van der Waals surface area (Å²) in [5.41, 5.74) is 5.42. The van der Waals surface area contributed by atoms with Crippen LogP contribution in [-0.4, -0.2) is 17.1 Å². The zero-order valence-corrected chi connectivity index (χ0v) is 14.5. The van der Waals surface area contributed by atoms with Crippen LogP contribution in [0.2, 0.25) is 0 Å². The summed E-state index contributed by atoms with van der Waals surface area (Å²) in [5, 5.41) is 8.64. The van der Waals surface area contributed by atoms with Crippen molar-refractivity contribution in [2.75, 3.05) is 0 Å². The molecule has 0 aliphatic rings. The highest BCUT2D eigenvalue weighted by molar-refractivity contribution is 5.72. The number of hydrogen-bond donors (Lipinski definition) is 2. The molecule has 0 bridgehead atoms. The van der Waals surface area contributed by atoms with Crippen molar-refractivity contribution < 1.29 is 9.90 Å². The van der Waals surface area contributed by atoms with Crippen LogP contribution in [0.4, 0.5) is 0 Å². The molecule has 0 saturated carbocycles. The third kappa shape index (κ3) is 16.6. The van der Waals surface area contributed by atoms with Gasteiger partial charge in [-0.05, 0) is 44.9 Å². The highest BCUT2D eigenvalue weighted by Crippen LogP contribution is 2.01. The van der Waals surface area contributed by atoms with E-state index in [0.29, 0.717) is 12.8 Å². The fourth-order valence-corrected chi connectivity index (χ4v) is 1.96. The van der Waals surface area contributed by atoms with E-state index in [1.165, 1.54) is 25.7 Å². The maximum atomic E-state index is 10.5. The van der Waals surface area contributed by atoms with Gasteiger partial charge in [0, 0.05) is 0 Å². The van der Waals surface area contributed by atoms with Crippen LogP contribution in [0.25, 0.3) is 0 Å². The standard InChI is InChI=1S/C20H33NO2/c1-2-3-4-5-6-7-8-9-10-11-12-13-14-15-16-17-18-19(21)20(22)23/h6-7,9-10,12-13,15-16,19H,2-5,8,11,14,17-18,21H2,1H3,(H,22,23)/b7-6-,10-9-,13-12-,16-15-. The van der Waals surface area contributed by atoms with Crippen molar-refractivity contribution >= 4 is 5.97 Å². The van der Waals surface area contributed by atoms with Gasteiger partial charge in [0.1, 0.15) is 6.04 Å². The van der Waals surface area contributed by atoms with Crippen molar-refractivity contribution in [3.8, 4) is 0 Å². The first-order valence-electron chi connectivity index (χ1n) is 8.76. The maximum absolute atomic E-state index is 10.5. The monoisotopic (exact) mass is 319 g/mol. The molecule has 0 aromatic carbocycles. The molecule has 3 N–H and O–H groups in total. The van der Waals surface area contributed by atoms with Crippen molar-refractivity contribution in [1.29, 1.82) is 0 Å². The zero-order chi connectivity index (χ0) is 17.2. The van der Waals surface area contributed by atoms with Gasteiger partial charge >= 0.3 is 5.97 Å². The SMILES string of the molecule is CCCCC/C=C\C/C=C\C/C=C\C/C=C\CCC(N)C(=O)O. The number of rotatable bonds is 14. The minimum Gasteiger partial charge on any atom is -0.480 e. The molecular weight excluding hydrogens is 286 g/mol. The molecule has 0 fully saturated rings. The van der Waals surface area contributed by atoms with E-state index in [2.05, 4.69) is 43.4 Å². The number of hydrogen-bond acceptors (Lipinski definition) is 2. The molecule has 1 unspecified atom stereocenters. The third-order valence-electron chi connectivity index (χ3n) is 3.42. The quantitative estimate of drug-likeness (QED) is 0.343. The van der Waals surface area contributed by atoms with E-state index < -0.39 is 12.0 Å². The van der Waals surface area contributed by atoms with Crippen LogP contribution in [0.1, 0.15) is 64.7 Å². The lowest BCUT2D eigenvalue weighted by molar-refractivity contribution is -0.138. The molecule has 0 aromatic heterocycles. The Hall–Kier alpha value is -1.61. The van der Waals surface area contributed by atoms with Crippen LogP contribution in [-0.2, 0) is 4.79 Å². The van der Waals surface area contributed by atoms with E-state index in [1.54, 1.807) is 0 Å². The molecule has 0 spiro atoms. The Labute approximate surface area is 141 Å². The smallest absolute Gasteiger partial charge is 0.320 e. The lowest BCUT2D eigenvalue weighted by atomic mass is 10.1. The van der Waals surface area contributed by atoms with Crippen molar-refractivity contribution in [2.45, 2.75) is 70.8 Å². The number of unbranched alkanes of at least 4 members (excludes halogenated alkanes) is 3. The fourth-order valence-electron chi connectivity index (χ4n) is 1.96. The van der Waals surface area contributed by atoms with Gasteiger partial charge in [0.25, 0.3) is 0 Å². The molecule has 0 amide bonds. The van der Waals surface area contributed by atoms with Crippen molar-refractivity contribution in [3.05, 3.63) is 48.6 Å². The Balaban J connectivity index is 3.49. The lowest BCUT2D eigenvalue weighted by Crippen LogP contribution is -2.29. The summed E-state index contributed by atoms with van der Waals surface area (Å²) in [5.74, 6) is -0.930. The molecule has 130 valence electrons. The molecule has 0 heterocycles. The van der Waals surface area contributed by atoms with Crippen LogP contribution in [0.15, 0.2) is 48.6 Å². The number of allylic oxidation sites excluding steroid dienone is 8. The van der Waals surface area contributed by atoms with Gasteiger partial charge in [0.15, 0.2) is 0 Å². The Morgan fingerprint density at radius 1 is 0.870 bits per heavy atom. The van der Waals surface area contributed by atoms with Gasteiger partial charge in [0.2, 0.25) is 0 Å². The van der Waals surface area contributed by atoms with Crippen LogP contribution in [0, 0.1) is 0 Å². The van der Waals surface area contributed by atoms with Crippen LogP contribution in [0.3, 0.4) is 0 Å². The molecule has 0 aliphatic heterocycles. The van der Waals surface area contributed by atoms with Gasteiger partial charge in [-0.25, -0.2) is 0 Å². The van der Waals surface area contributed by atoms with Crippen molar-refractivity contribution in [3.63, 3.8) is 0 Å². The number of aliphatic carboxylic acids is 1. The first kappa shape index (κ1) is 21.4. The Morgan fingerprint density at radius 3 is 1.83 bits per heavy atom. The summed E-state index contributed by atoms with van der Waals surface area (Å²) in [6.45, 7) is 2.23. The summed E-state index contributed by atoms with van der Waals surface area (Å²) in [6, 6.07) is -0.749. The normalized spacial score (nSPS) is 13.8. The maximum Gasteiger partial charge on any atom is 0.320 e. The largest absolute Gasteiger partial charge is 0.480 e. The van der Waals surface area contributed by atoms with Crippen LogP contribution < -0.4 is 5.73 Å². The Morgan fingerprint density at radius 2 is 1.35 bits per heavy atom. The van der Waals surface area contributed by atoms with Gasteiger partial charge < -0.3 is 10.8 Å². The molecule has 23 heavy (non-hydrogen) atoms. The van der Waals surface area contributed by atoms with Gasteiger partial charge in [-0.1, -0.05) is 68.4 Å². The topological polar surface area (TPSA) is 63.3 Å². The second-order valence-electron chi connectivity index (χ2n) is 5.61. The van der Waals surface area contributed by atoms with Crippen LogP contribution >= 0.6 is 0 Å². The second-order valence-corrected chi connectivity index (χ2v) is 5.61. The highest BCUT2D eigenvalue weighted by atomic mass is 16.4. The first-order valence-corrected chi connectivity index (χ1v) is 8.76. The second kappa shape index (κ2) is 16.8. The Kier molecular flexibility index (Phi) is 15.6. The van der Waals surface area contributed by atoms with E-state index >= 15 is 0 Å². The Bertz CT molecular complexity index is 394. The van der Waals surface area contributed by atoms with Crippen LogP contribution in [0.5, 0.6) is 0 Å². The predicted octanol–water partition coefficient (Wildman–Crippen LogP) is 5.15.